The molecule has 0 saturated carbocycles. The van der Waals surface area contributed by atoms with Crippen LogP contribution in [0.4, 0.5) is 15.8 Å². The highest BCUT2D eigenvalue weighted by Crippen LogP contribution is 2.33. The van der Waals surface area contributed by atoms with Crippen LogP contribution < -0.4 is 15.4 Å². The van der Waals surface area contributed by atoms with Gasteiger partial charge in [0.25, 0.3) is 11.8 Å². The zero-order valence-electron chi connectivity index (χ0n) is 15.1. The zero-order chi connectivity index (χ0) is 21.7. The van der Waals surface area contributed by atoms with Crippen LogP contribution >= 0.6 is 34.8 Å². The third kappa shape index (κ3) is 5.60. The van der Waals surface area contributed by atoms with Gasteiger partial charge in [0, 0.05) is 12.3 Å². The molecule has 0 bridgehead atoms. The Bertz CT molecular complexity index is 1100. The first-order valence-electron chi connectivity index (χ1n) is 8.42. The number of carbonyl (C=O) groups excluding carboxylic acids is 2. The first kappa shape index (κ1) is 21.8. The summed E-state index contributed by atoms with van der Waals surface area (Å²) in [6.07, 6.45) is 1.47. The van der Waals surface area contributed by atoms with Crippen molar-refractivity contribution in [2.45, 2.75) is 0 Å². The predicted molar refractivity (Wildman–Crippen MR) is 114 cm³/mol. The molecule has 2 amide bonds. The maximum Gasteiger partial charge on any atom is 0.274 e. The largest absolute Gasteiger partial charge is 0.482 e. The number of halogens is 4. The van der Waals surface area contributed by atoms with Crippen molar-refractivity contribution in [3.63, 3.8) is 0 Å². The van der Waals surface area contributed by atoms with Crippen molar-refractivity contribution in [1.29, 1.82) is 0 Å². The van der Waals surface area contributed by atoms with E-state index in [1.54, 1.807) is 12.1 Å². The van der Waals surface area contributed by atoms with E-state index in [1.165, 1.54) is 30.5 Å². The summed E-state index contributed by atoms with van der Waals surface area (Å²) in [7, 11) is 0. The van der Waals surface area contributed by atoms with E-state index in [2.05, 4.69) is 15.6 Å². The molecule has 3 aromatic rings. The molecule has 0 aliphatic heterocycles. The monoisotopic (exact) mass is 467 g/mol. The lowest BCUT2D eigenvalue weighted by molar-refractivity contribution is -0.118. The van der Waals surface area contributed by atoms with Crippen LogP contribution in [0, 0.1) is 5.82 Å². The third-order valence-corrected chi connectivity index (χ3v) is 4.75. The van der Waals surface area contributed by atoms with Gasteiger partial charge in [-0.15, -0.1) is 0 Å². The van der Waals surface area contributed by atoms with E-state index in [-0.39, 0.29) is 37.9 Å². The van der Waals surface area contributed by atoms with E-state index in [4.69, 9.17) is 39.5 Å². The highest BCUT2D eigenvalue weighted by atomic mass is 35.5. The summed E-state index contributed by atoms with van der Waals surface area (Å²) in [5.74, 6) is -1.58. The fourth-order valence-electron chi connectivity index (χ4n) is 2.36. The van der Waals surface area contributed by atoms with Gasteiger partial charge in [-0.2, -0.15) is 0 Å². The lowest BCUT2D eigenvalue weighted by atomic mass is 10.2. The fraction of sp³-hybridized carbons (Fsp3) is 0.0500. The Balaban J connectivity index is 1.70. The summed E-state index contributed by atoms with van der Waals surface area (Å²) in [5.41, 5.74) is 0.401. The molecule has 2 N–H and O–H groups in total. The number of rotatable bonds is 6. The number of pyridine rings is 1. The summed E-state index contributed by atoms with van der Waals surface area (Å²) in [6, 6.07) is 11.1. The van der Waals surface area contributed by atoms with Crippen molar-refractivity contribution in [2.24, 2.45) is 0 Å². The molecule has 6 nitrogen and oxygen atoms in total. The van der Waals surface area contributed by atoms with Gasteiger partial charge in [0.2, 0.25) is 0 Å². The van der Waals surface area contributed by atoms with Crippen molar-refractivity contribution in [3.8, 4) is 5.75 Å². The van der Waals surface area contributed by atoms with Crippen molar-refractivity contribution in [1.82, 2.24) is 4.98 Å². The minimum Gasteiger partial charge on any atom is -0.482 e. The average molecular weight is 469 g/mol. The number of anilines is 2. The molecule has 0 radical (unpaired) electrons. The average Bonchev–Trinajstić information content (AvgIpc) is 2.72. The second-order valence-corrected chi connectivity index (χ2v) is 7.11. The summed E-state index contributed by atoms with van der Waals surface area (Å²) in [6.45, 7) is -0.443. The highest BCUT2D eigenvalue weighted by Gasteiger charge is 2.14. The number of benzene rings is 2. The van der Waals surface area contributed by atoms with Gasteiger partial charge in [0.1, 0.15) is 17.3 Å². The van der Waals surface area contributed by atoms with Crippen LogP contribution in [-0.2, 0) is 4.79 Å². The second kappa shape index (κ2) is 9.75. The molecular formula is C20H13Cl3FN3O3. The number of ether oxygens (including phenoxy) is 1. The van der Waals surface area contributed by atoms with Crippen molar-refractivity contribution in [3.05, 3.63) is 81.3 Å². The van der Waals surface area contributed by atoms with Gasteiger partial charge in [0.05, 0.1) is 26.4 Å². The van der Waals surface area contributed by atoms with Gasteiger partial charge >= 0.3 is 0 Å². The molecule has 30 heavy (non-hydrogen) atoms. The Morgan fingerprint density at radius 2 is 1.70 bits per heavy atom. The minimum absolute atomic E-state index is 0.0492. The number of hydrogen-bond acceptors (Lipinski definition) is 4. The summed E-state index contributed by atoms with van der Waals surface area (Å²) >= 11 is 17.8. The number of amides is 2. The second-order valence-electron chi connectivity index (χ2n) is 5.89. The van der Waals surface area contributed by atoms with E-state index in [1.807, 2.05) is 0 Å². The van der Waals surface area contributed by atoms with Crippen LogP contribution in [0.5, 0.6) is 5.75 Å². The van der Waals surface area contributed by atoms with Gasteiger partial charge in [-0.25, -0.2) is 4.39 Å². The molecule has 0 aliphatic carbocycles. The molecule has 0 saturated heterocycles. The minimum atomic E-state index is -0.615. The molecule has 154 valence electrons. The number of carbonyl (C=O) groups is 2. The zero-order valence-corrected chi connectivity index (χ0v) is 17.4. The fourth-order valence-corrected chi connectivity index (χ4v) is 2.95. The first-order chi connectivity index (χ1) is 14.3. The van der Waals surface area contributed by atoms with E-state index in [0.29, 0.717) is 0 Å². The Kier molecular flexibility index (Phi) is 7.10. The lowest BCUT2D eigenvalue weighted by Gasteiger charge is -2.13. The molecule has 2 aromatic carbocycles. The molecule has 0 spiro atoms. The molecule has 0 unspecified atom stereocenters. The number of nitrogens with zero attached hydrogens (tertiary/aromatic N) is 1. The normalized spacial score (nSPS) is 10.4. The van der Waals surface area contributed by atoms with Crippen LogP contribution in [0.1, 0.15) is 10.5 Å². The molecule has 0 fully saturated rings. The quantitative estimate of drug-likeness (QED) is 0.471. The van der Waals surface area contributed by atoms with Gasteiger partial charge in [-0.1, -0.05) is 40.9 Å². The molecule has 1 aromatic heterocycles. The van der Waals surface area contributed by atoms with Gasteiger partial charge in [-0.05, 0) is 36.4 Å². The summed E-state index contributed by atoms with van der Waals surface area (Å²) < 4.78 is 19.0. The molecule has 1 heterocycles. The van der Waals surface area contributed by atoms with Gasteiger partial charge in [0.15, 0.2) is 6.61 Å². The Labute approximate surface area is 185 Å². The van der Waals surface area contributed by atoms with E-state index in [0.717, 1.165) is 12.1 Å². The van der Waals surface area contributed by atoms with Gasteiger partial charge in [-0.3, -0.25) is 14.6 Å². The molecule has 10 heteroatoms. The Hall–Kier alpha value is -2.87. The number of hydrogen-bond donors (Lipinski definition) is 2. The molecule has 0 aliphatic rings. The lowest BCUT2D eigenvalue weighted by Crippen LogP contribution is -2.22. The highest BCUT2D eigenvalue weighted by molar-refractivity contribution is 6.43. The van der Waals surface area contributed by atoms with Crippen LogP contribution in [0.2, 0.25) is 15.1 Å². The van der Waals surface area contributed by atoms with E-state index in [9.17, 15) is 14.0 Å². The molecule has 3 rings (SSSR count). The van der Waals surface area contributed by atoms with Crippen molar-refractivity contribution >= 4 is 58.0 Å². The number of aromatic nitrogens is 1. The Morgan fingerprint density at radius 3 is 2.43 bits per heavy atom. The van der Waals surface area contributed by atoms with Crippen LogP contribution in [-0.4, -0.2) is 23.4 Å². The summed E-state index contributed by atoms with van der Waals surface area (Å²) in [5, 5.41) is 5.69. The van der Waals surface area contributed by atoms with Crippen molar-refractivity contribution in [2.75, 3.05) is 17.2 Å². The first-order valence-corrected chi connectivity index (χ1v) is 9.56. The molecule has 0 atom stereocenters. The SMILES string of the molecule is O=C(COc1cc(Cl)c(Cl)cc1Cl)Nc1cc(F)ccc1NC(=O)c1ccccn1. The number of nitrogens with one attached hydrogen (secondary N) is 2. The third-order valence-electron chi connectivity index (χ3n) is 3.74. The smallest absolute Gasteiger partial charge is 0.274 e. The van der Waals surface area contributed by atoms with Crippen molar-refractivity contribution < 1.29 is 18.7 Å². The standard InChI is InChI=1S/C20H13Cl3FN3O3/c21-12-8-14(23)18(9-13(12)22)30-10-19(28)26-17-7-11(24)4-5-15(17)27-20(29)16-3-1-2-6-25-16/h1-9H,10H2,(H,26,28)(H,27,29). The van der Waals surface area contributed by atoms with Gasteiger partial charge < -0.3 is 15.4 Å². The van der Waals surface area contributed by atoms with E-state index >= 15 is 0 Å². The maximum atomic E-state index is 13.7. The predicted octanol–water partition coefficient (Wildman–Crippen LogP) is 5.45. The van der Waals surface area contributed by atoms with E-state index < -0.39 is 24.2 Å². The maximum absolute atomic E-state index is 13.7. The Morgan fingerprint density at radius 1 is 0.933 bits per heavy atom. The molecular weight excluding hydrogens is 456 g/mol. The van der Waals surface area contributed by atoms with Crippen LogP contribution in [0.15, 0.2) is 54.7 Å². The van der Waals surface area contributed by atoms with Crippen LogP contribution in [0.3, 0.4) is 0 Å². The van der Waals surface area contributed by atoms with Crippen LogP contribution in [0.25, 0.3) is 0 Å². The topological polar surface area (TPSA) is 80.3 Å². The summed E-state index contributed by atoms with van der Waals surface area (Å²) in [4.78, 5) is 28.5.